The van der Waals surface area contributed by atoms with Gasteiger partial charge in [0.1, 0.15) is 0 Å². The summed E-state index contributed by atoms with van der Waals surface area (Å²) in [5.41, 5.74) is 0.673. The van der Waals surface area contributed by atoms with Gasteiger partial charge in [-0.05, 0) is 56.7 Å². The molecular formula is C15H30N2. The summed E-state index contributed by atoms with van der Waals surface area (Å²) in [7, 11) is 0. The topological polar surface area (TPSA) is 15.3 Å². The summed E-state index contributed by atoms with van der Waals surface area (Å²) in [5.74, 6) is 0.811. The van der Waals surface area contributed by atoms with Crippen molar-refractivity contribution in [3.05, 3.63) is 0 Å². The van der Waals surface area contributed by atoms with E-state index in [9.17, 15) is 0 Å². The zero-order valence-electron chi connectivity index (χ0n) is 11.8. The fourth-order valence-electron chi connectivity index (χ4n) is 3.74. The fraction of sp³-hybridized carbons (Fsp3) is 1.00. The minimum Gasteiger partial charge on any atom is -0.316 e. The van der Waals surface area contributed by atoms with Gasteiger partial charge < -0.3 is 10.2 Å². The molecule has 0 radical (unpaired) electrons. The third-order valence-electron chi connectivity index (χ3n) is 4.86. The highest BCUT2D eigenvalue weighted by molar-refractivity contribution is 4.87. The van der Waals surface area contributed by atoms with Gasteiger partial charge in [-0.3, -0.25) is 0 Å². The molecule has 1 N–H and O–H groups in total. The zero-order chi connectivity index (χ0) is 12.1. The summed E-state index contributed by atoms with van der Waals surface area (Å²) in [5, 5.41) is 3.55. The van der Waals surface area contributed by atoms with Crippen LogP contribution in [0.25, 0.3) is 0 Å². The van der Waals surface area contributed by atoms with Crippen molar-refractivity contribution >= 4 is 0 Å². The molecule has 0 aromatic heterocycles. The lowest BCUT2D eigenvalue weighted by atomic mass is 9.82. The van der Waals surface area contributed by atoms with Gasteiger partial charge >= 0.3 is 0 Å². The van der Waals surface area contributed by atoms with Crippen LogP contribution >= 0.6 is 0 Å². The van der Waals surface area contributed by atoms with E-state index in [0.717, 1.165) is 5.92 Å². The SMILES string of the molecule is CCC1(CN2CCCNCC(C)C2)CCCC1. The molecule has 1 saturated carbocycles. The Morgan fingerprint density at radius 3 is 2.71 bits per heavy atom. The number of hydrogen-bond donors (Lipinski definition) is 1. The van der Waals surface area contributed by atoms with Gasteiger partial charge in [0.05, 0.1) is 0 Å². The number of nitrogens with zero attached hydrogens (tertiary/aromatic N) is 1. The van der Waals surface area contributed by atoms with Crippen LogP contribution in [0.3, 0.4) is 0 Å². The van der Waals surface area contributed by atoms with Crippen LogP contribution in [0.15, 0.2) is 0 Å². The van der Waals surface area contributed by atoms with E-state index in [-0.39, 0.29) is 0 Å². The Hall–Kier alpha value is -0.0800. The van der Waals surface area contributed by atoms with Gasteiger partial charge in [-0.15, -0.1) is 0 Å². The van der Waals surface area contributed by atoms with Crippen molar-refractivity contribution in [1.82, 2.24) is 10.2 Å². The maximum absolute atomic E-state index is 3.55. The second kappa shape index (κ2) is 6.19. The van der Waals surface area contributed by atoms with Crippen LogP contribution in [0.5, 0.6) is 0 Å². The Morgan fingerprint density at radius 1 is 1.24 bits per heavy atom. The van der Waals surface area contributed by atoms with Gasteiger partial charge in [0.2, 0.25) is 0 Å². The van der Waals surface area contributed by atoms with Crippen molar-refractivity contribution in [3.8, 4) is 0 Å². The van der Waals surface area contributed by atoms with Crippen LogP contribution in [0, 0.1) is 11.3 Å². The molecule has 1 aliphatic carbocycles. The first kappa shape index (κ1) is 13.4. The van der Waals surface area contributed by atoms with E-state index < -0.39 is 0 Å². The van der Waals surface area contributed by atoms with E-state index >= 15 is 0 Å². The molecule has 1 atom stereocenters. The maximum atomic E-state index is 3.55. The molecule has 1 saturated heterocycles. The average molecular weight is 238 g/mol. The summed E-state index contributed by atoms with van der Waals surface area (Å²) < 4.78 is 0. The van der Waals surface area contributed by atoms with Crippen molar-refractivity contribution in [2.75, 3.05) is 32.7 Å². The predicted molar refractivity (Wildman–Crippen MR) is 74.3 cm³/mol. The highest BCUT2D eigenvalue weighted by Gasteiger charge is 2.33. The van der Waals surface area contributed by atoms with Crippen molar-refractivity contribution in [2.24, 2.45) is 11.3 Å². The van der Waals surface area contributed by atoms with E-state index in [1.54, 1.807) is 0 Å². The molecule has 2 fully saturated rings. The first-order valence-electron chi connectivity index (χ1n) is 7.67. The van der Waals surface area contributed by atoms with E-state index in [0.29, 0.717) is 5.41 Å². The Labute approximate surface area is 107 Å². The molecule has 2 nitrogen and oxygen atoms in total. The van der Waals surface area contributed by atoms with E-state index in [2.05, 4.69) is 24.1 Å². The van der Waals surface area contributed by atoms with Crippen LogP contribution in [0.4, 0.5) is 0 Å². The molecule has 1 heterocycles. The zero-order valence-corrected chi connectivity index (χ0v) is 11.8. The average Bonchev–Trinajstić information content (AvgIpc) is 2.75. The van der Waals surface area contributed by atoms with Gasteiger partial charge in [-0.2, -0.15) is 0 Å². The molecule has 2 aliphatic rings. The van der Waals surface area contributed by atoms with E-state index in [1.165, 1.54) is 71.2 Å². The summed E-state index contributed by atoms with van der Waals surface area (Å²) in [6, 6.07) is 0. The molecule has 0 bridgehead atoms. The molecule has 1 aliphatic heterocycles. The maximum Gasteiger partial charge on any atom is 0.00380 e. The lowest BCUT2D eigenvalue weighted by molar-refractivity contribution is 0.124. The quantitative estimate of drug-likeness (QED) is 0.813. The predicted octanol–water partition coefficient (Wildman–Crippen LogP) is 2.89. The molecule has 0 amide bonds. The third kappa shape index (κ3) is 3.69. The monoisotopic (exact) mass is 238 g/mol. The van der Waals surface area contributed by atoms with Crippen molar-refractivity contribution in [1.29, 1.82) is 0 Å². The van der Waals surface area contributed by atoms with E-state index in [4.69, 9.17) is 0 Å². The highest BCUT2D eigenvalue weighted by atomic mass is 15.1. The summed E-state index contributed by atoms with van der Waals surface area (Å²) in [6.07, 6.45) is 8.61. The second-order valence-electron chi connectivity index (χ2n) is 6.46. The van der Waals surface area contributed by atoms with Crippen LogP contribution in [0.2, 0.25) is 0 Å². The minimum atomic E-state index is 0.673. The Kier molecular flexibility index (Phi) is 4.87. The summed E-state index contributed by atoms with van der Waals surface area (Å²) in [6.45, 7) is 11.2. The Balaban J connectivity index is 1.90. The van der Waals surface area contributed by atoms with Gasteiger partial charge in [-0.1, -0.05) is 26.7 Å². The molecule has 17 heavy (non-hydrogen) atoms. The van der Waals surface area contributed by atoms with Gasteiger partial charge in [0, 0.05) is 13.1 Å². The molecular weight excluding hydrogens is 208 g/mol. The largest absolute Gasteiger partial charge is 0.316 e. The molecule has 0 spiro atoms. The molecule has 1 unspecified atom stereocenters. The molecule has 100 valence electrons. The van der Waals surface area contributed by atoms with Crippen LogP contribution in [0.1, 0.15) is 52.4 Å². The van der Waals surface area contributed by atoms with Gasteiger partial charge in [0.25, 0.3) is 0 Å². The van der Waals surface area contributed by atoms with E-state index in [1.807, 2.05) is 0 Å². The Morgan fingerprint density at radius 2 is 2.00 bits per heavy atom. The summed E-state index contributed by atoms with van der Waals surface area (Å²) >= 11 is 0. The van der Waals surface area contributed by atoms with Gasteiger partial charge in [0.15, 0.2) is 0 Å². The van der Waals surface area contributed by atoms with Crippen molar-refractivity contribution < 1.29 is 0 Å². The molecule has 2 heteroatoms. The standard InChI is InChI=1S/C15H30N2/c1-3-15(7-4-5-8-15)13-17-10-6-9-16-11-14(2)12-17/h14,16H,3-13H2,1-2H3. The summed E-state index contributed by atoms with van der Waals surface area (Å²) in [4.78, 5) is 2.76. The normalized spacial score (nSPS) is 31.1. The molecule has 2 rings (SSSR count). The lowest BCUT2D eigenvalue weighted by Gasteiger charge is -2.37. The number of hydrogen-bond acceptors (Lipinski definition) is 2. The van der Waals surface area contributed by atoms with Crippen LogP contribution in [-0.4, -0.2) is 37.6 Å². The molecule has 0 aromatic rings. The second-order valence-corrected chi connectivity index (χ2v) is 6.46. The first-order valence-corrected chi connectivity index (χ1v) is 7.67. The fourth-order valence-corrected chi connectivity index (χ4v) is 3.74. The lowest BCUT2D eigenvalue weighted by Crippen LogP contribution is -2.43. The molecule has 0 aromatic carbocycles. The smallest absolute Gasteiger partial charge is 0.00380 e. The van der Waals surface area contributed by atoms with Gasteiger partial charge in [-0.25, -0.2) is 0 Å². The third-order valence-corrected chi connectivity index (χ3v) is 4.86. The van der Waals surface area contributed by atoms with Crippen molar-refractivity contribution in [2.45, 2.75) is 52.4 Å². The highest BCUT2D eigenvalue weighted by Crippen LogP contribution is 2.41. The number of rotatable bonds is 3. The van der Waals surface area contributed by atoms with Crippen LogP contribution in [-0.2, 0) is 0 Å². The number of nitrogens with one attached hydrogen (secondary N) is 1. The minimum absolute atomic E-state index is 0.673. The van der Waals surface area contributed by atoms with Crippen LogP contribution < -0.4 is 5.32 Å². The Bertz CT molecular complexity index is 221. The first-order chi connectivity index (χ1) is 8.24. The van der Waals surface area contributed by atoms with Crippen molar-refractivity contribution in [3.63, 3.8) is 0 Å².